The van der Waals surface area contributed by atoms with Gasteiger partial charge in [0.05, 0.1) is 35.6 Å². The van der Waals surface area contributed by atoms with Crippen LogP contribution in [0.4, 0.5) is 18.9 Å². The first-order valence-corrected chi connectivity index (χ1v) is 10.8. The Morgan fingerprint density at radius 3 is 2.37 bits per heavy atom. The van der Waals surface area contributed by atoms with Crippen LogP contribution in [0.25, 0.3) is 16.9 Å². The summed E-state index contributed by atoms with van der Waals surface area (Å²) < 4.78 is 52.7. The van der Waals surface area contributed by atoms with E-state index in [2.05, 4.69) is 15.4 Å². The Hall–Kier alpha value is -3.21. The maximum Gasteiger partial charge on any atom is 0.433 e. The fourth-order valence-corrected chi connectivity index (χ4v) is 3.86. The molecule has 0 atom stereocenters. The number of hydrogen-bond donors (Lipinski definition) is 1. The minimum Gasteiger partial charge on any atom is -0.493 e. The van der Waals surface area contributed by atoms with Crippen LogP contribution in [0, 0.1) is 0 Å². The van der Waals surface area contributed by atoms with Gasteiger partial charge in [0.15, 0.2) is 28.5 Å². The molecule has 182 valence electrons. The molecule has 35 heavy (non-hydrogen) atoms. The van der Waals surface area contributed by atoms with Crippen molar-refractivity contribution in [3.05, 3.63) is 68.9 Å². The zero-order chi connectivity index (χ0) is 25.5. The Kier molecular flexibility index (Phi) is 6.72. The monoisotopic (exact) mass is 544 g/mol. The highest BCUT2D eigenvalue weighted by Gasteiger charge is 2.37. The van der Waals surface area contributed by atoms with E-state index < -0.39 is 23.5 Å². The molecule has 13 heteroatoms. The van der Waals surface area contributed by atoms with Crippen LogP contribution in [0.15, 0.2) is 42.5 Å². The second kappa shape index (κ2) is 9.44. The number of benzene rings is 2. The van der Waals surface area contributed by atoms with E-state index in [1.165, 1.54) is 50.6 Å². The molecule has 2 aromatic carbocycles. The summed E-state index contributed by atoms with van der Waals surface area (Å²) >= 11 is 18.3. The lowest BCUT2D eigenvalue weighted by Gasteiger charge is -2.12. The lowest BCUT2D eigenvalue weighted by Crippen LogP contribution is -2.16. The van der Waals surface area contributed by atoms with Gasteiger partial charge >= 0.3 is 6.18 Å². The third-order valence-corrected chi connectivity index (χ3v) is 6.08. The second-order valence-electron chi connectivity index (χ2n) is 7.05. The lowest BCUT2D eigenvalue weighted by molar-refractivity contribution is -0.142. The summed E-state index contributed by atoms with van der Waals surface area (Å²) in [5.41, 5.74) is -1.68. The van der Waals surface area contributed by atoms with Gasteiger partial charge in [0.25, 0.3) is 5.91 Å². The number of ether oxygens (including phenoxy) is 2. The standard InChI is InChI=1S/C22H14Cl3F3N4O3/c1-34-14-7-6-10(8-15(14)35-2)13-9-16(22(26,27)28)32-20(29-13)18(25)19(31-32)21(33)30-12-5-3-4-11(23)17(12)24/h3-9H,1-2H3,(H,30,33). The van der Waals surface area contributed by atoms with Crippen molar-refractivity contribution < 1.29 is 27.4 Å². The van der Waals surface area contributed by atoms with Crippen LogP contribution >= 0.6 is 34.8 Å². The van der Waals surface area contributed by atoms with Gasteiger partial charge in [-0.2, -0.15) is 18.3 Å². The molecule has 0 spiro atoms. The average molecular weight is 546 g/mol. The Morgan fingerprint density at radius 1 is 1.00 bits per heavy atom. The molecule has 0 aliphatic heterocycles. The van der Waals surface area contributed by atoms with Crippen molar-refractivity contribution >= 4 is 52.0 Å². The fourth-order valence-electron chi connectivity index (χ4n) is 3.26. The van der Waals surface area contributed by atoms with Gasteiger partial charge in [0, 0.05) is 5.56 Å². The molecule has 0 saturated carbocycles. The smallest absolute Gasteiger partial charge is 0.433 e. The highest BCUT2D eigenvalue weighted by Crippen LogP contribution is 2.37. The van der Waals surface area contributed by atoms with Crippen LogP contribution in [-0.4, -0.2) is 34.7 Å². The second-order valence-corrected chi connectivity index (χ2v) is 8.21. The maximum absolute atomic E-state index is 14.0. The molecule has 0 unspecified atom stereocenters. The Morgan fingerprint density at radius 2 is 1.71 bits per heavy atom. The molecule has 2 aromatic heterocycles. The van der Waals surface area contributed by atoms with Crippen molar-refractivity contribution in [2.24, 2.45) is 0 Å². The van der Waals surface area contributed by atoms with Gasteiger partial charge in [-0.3, -0.25) is 4.79 Å². The number of alkyl halides is 3. The van der Waals surface area contributed by atoms with E-state index in [0.29, 0.717) is 21.6 Å². The van der Waals surface area contributed by atoms with Crippen LogP contribution in [0.1, 0.15) is 16.2 Å². The number of aromatic nitrogens is 3. The van der Waals surface area contributed by atoms with Gasteiger partial charge in [0.2, 0.25) is 0 Å². The molecule has 0 fully saturated rings. The zero-order valence-corrected chi connectivity index (χ0v) is 20.1. The van der Waals surface area contributed by atoms with Gasteiger partial charge in [-0.05, 0) is 36.4 Å². The number of fused-ring (bicyclic) bond motifs is 1. The molecule has 4 rings (SSSR count). The van der Waals surface area contributed by atoms with Crippen molar-refractivity contribution in [1.29, 1.82) is 0 Å². The number of carbonyl (C=O) groups is 1. The summed E-state index contributed by atoms with van der Waals surface area (Å²) in [7, 11) is 2.82. The number of amides is 1. The minimum absolute atomic E-state index is 0.0484. The quantitative estimate of drug-likeness (QED) is 0.304. The van der Waals surface area contributed by atoms with E-state index in [9.17, 15) is 18.0 Å². The van der Waals surface area contributed by atoms with Crippen LogP contribution in [-0.2, 0) is 6.18 Å². The minimum atomic E-state index is -4.84. The van der Waals surface area contributed by atoms with Crippen LogP contribution in [0.2, 0.25) is 15.1 Å². The first-order valence-electron chi connectivity index (χ1n) is 9.69. The van der Waals surface area contributed by atoms with E-state index in [-0.39, 0.29) is 32.1 Å². The van der Waals surface area contributed by atoms with Crippen molar-refractivity contribution in [1.82, 2.24) is 14.6 Å². The summed E-state index contributed by atoms with van der Waals surface area (Å²) in [4.78, 5) is 17.1. The van der Waals surface area contributed by atoms with Crippen molar-refractivity contribution in [3.8, 4) is 22.8 Å². The Balaban J connectivity index is 1.86. The molecule has 4 aromatic rings. The molecule has 1 amide bonds. The molecule has 7 nitrogen and oxygen atoms in total. The van der Waals surface area contributed by atoms with E-state index in [1.807, 2.05) is 0 Å². The third-order valence-electron chi connectivity index (χ3n) is 4.92. The van der Waals surface area contributed by atoms with Crippen LogP contribution in [0.5, 0.6) is 11.5 Å². The summed E-state index contributed by atoms with van der Waals surface area (Å²) in [6.45, 7) is 0. The summed E-state index contributed by atoms with van der Waals surface area (Å²) in [5, 5.41) is 6.08. The van der Waals surface area contributed by atoms with E-state index in [1.54, 1.807) is 0 Å². The molecular weight excluding hydrogens is 532 g/mol. The van der Waals surface area contributed by atoms with Gasteiger partial charge in [-0.25, -0.2) is 9.50 Å². The maximum atomic E-state index is 14.0. The number of nitrogens with zero attached hydrogens (tertiary/aromatic N) is 3. The highest BCUT2D eigenvalue weighted by atomic mass is 35.5. The molecule has 1 N–H and O–H groups in total. The number of halogens is 6. The number of nitrogens with one attached hydrogen (secondary N) is 1. The summed E-state index contributed by atoms with van der Waals surface area (Å²) in [6, 6.07) is 9.81. The first-order chi connectivity index (χ1) is 16.5. The van der Waals surface area contributed by atoms with Gasteiger partial charge in [-0.1, -0.05) is 40.9 Å². The Labute approximate surface area is 211 Å². The fraction of sp³-hybridized carbons (Fsp3) is 0.136. The molecule has 0 radical (unpaired) electrons. The lowest BCUT2D eigenvalue weighted by atomic mass is 10.1. The number of methoxy groups -OCH3 is 2. The van der Waals surface area contributed by atoms with Gasteiger partial charge in [-0.15, -0.1) is 0 Å². The number of hydrogen-bond acceptors (Lipinski definition) is 5. The van der Waals surface area contributed by atoms with E-state index in [0.717, 1.165) is 6.07 Å². The van der Waals surface area contributed by atoms with Crippen molar-refractivity contribution in [3.63, 3.8) is 0 Å². The topological polar surface area (TPSA) is 77.8 Å². The van der Waals surface area contributed by atoms with Crippen molar-refractivity contribution in [2.45, 2.75) is 6.18 Å². The van der Waals surface area contributed by atoms with Crippen LogP contribution < -0.4 is 14.8 Å². The first kappa shape index (κ1) is 24.9. The number of carbonyl (C=O) groups excluding carboxylic acids is 1. The number of rotatable bonds is 5. The summed E-state index contributed by atoms with van der Waals surface area (Å²) in [6.07, 6.45) is -4.84. The molecule has 0 aliphatic rings. The summed E-state index contributed by atoms with van der Waals surface area (Å²) in [5.74, 6) is -0.224. The largest absolute Gasteiger partial charge is 0.493 e. The Bertz CT molecular complexity index is 1460. The highest BCUT2D eigenvalue weighted by molar-refractivity contribution is 6.44. The van der Waals surface area contributed by atoms with Gasteiger partial charge < -0.3 is 14.8 Å². The third kappa shape index (κ3) is 4.69. The zero-order valence-electron chi connectivity index (χ0n) is 17.9. The molecule has 2 heterocycles. The van der Waals surface area contributed by atoms with Crippen molar-refractivity contribution in [2.75, 3.05) is 19.5 Å². The van der Waals surface area contributed by atoms with Crippen LogP contribution in [0.3, 0.4) is 0 Å². The predicted molar refractivity (Wildman–Crippen MR) is 126 cm³/mol. The molecular formula is C22H14Cl3F3N4O3. The SMILES string of the molecule is COc1ccc(-c2cc(C(F)(F)F)n3nc(C(=O)Nc4cccc(Cl)c4Cl)c(Cl)c3n2)cc1OC. The number of anilines is 1. The normalized spacial score (nSPS) is 11.5. The van der Waals surface area contributed by atoms with Gasteiger partial charge in [0.1, 0.15) is 5.02 Å². The van der Waals surface area contributed by atoms with E-state index >= 15 is 0 Å². The molecule has 0 aliphatic carbocycles. The van der Waals surface area contributed by atoms with E-state index in [4.69, 9.17) is 44.3 Å². The predicted octanol–water partition coefficient (Wildman–Crippen LogP) is 6.64. The molecule has 0 saturated heterocycles. The average Bonchev–Trinajstić information content (AvgIpc) is 3.16. The molecule has 0 bridgehead atoms.